The van der Waals surface area contributed by atoms with Crippen LogP contribution in [-0.4, -0.2) is 24.5 Å². The molecule has 0 radical (unpaired) electrons. The second kappa shape index (κ2) is 2.14. The molecule has 1 rings (SSSR count). The predicted octanol–water partition coefficient (Wildman–Crippen LogP) is 1.66. The third-order valence-electron chi connectivity index (χ3n) is 2.45. The van der Waals surface area contributed by atoms with E-state index >= 15 is 0 Å². The summed E-state index contributed by atoms with van der Waals surface area (Å²) < 4.78 is 0. The van der Waals surface area contributed by atoms with E-state index in [9.17, 15) is 0 Å². The molecule has 0 N–H and O–H groups in total. The molecule has 0 fully saturated rings. The van der Waals surface area contributed by atoms with Gasteiger partial charge in [-0.25, -0.2) is 0 Å². The Morgan fingerprint density at radius 2 is 2.00 bits per heavy atom. The summed E-state index contributed by atoms with van der Waals surface area (Å²) in [6, 6.07) is 0.671. The second-order valence-electron chi connectivity index (χ2n) is 3.05. The first kappa shape index (κ1) is 6.81. The number of likely N-dealkylation sites (N-methyl/N-ethyl adjacent to an activating group) is 1. The summed E-state index contributed by atoms with van der Waals surface area (Å²) in [4.78, 5) is 2.37. The van der Waals surface area contributed by atoms with Gasteiger partial charge in [0.15, 0.2) is 0 Å². The highest BCUT2D eigenvalue weighted by atomic mass is 15.1. The summed E-state index contributed by atoms with van der Waals surface area (Å²) >= 11 is 0. The average molecular weight is 125 g/mol. The van der Waals surface area contributed by atoms with Crippen LogP contribution in [0.15, 0.2) is 11.1 Å². The second-order valence-corrected chi connectivity index (χ2v) is 3.05. The zero-order chi connectivity index (χ0) is 7.02. The third-order valence-corrected chi connectivity index (χ3v) is 2.45. The molecule has 1 heteroatoms. The van der Waals surface area contributed by atoms with Gasteiger partial charge in [0.1, 0.15) is 0 Å². The average Bonchev–Trinajstić information content (AvgIpc) is 1.98. The molecular formula is C8H15N. The molecule has 0 aromatic rings. The van der Waals surface area contributed by atoms with Gasteiger partial charge in [-0.05, 0) is 27.8 Å². The Balaban J connectivity index is 2.74. The smallest absolute Gasteiger partial charge is 0.0279 e. The van der Waals surface area contributed by atoms with Crippen molar-refractivity contribution in [1.29, 1.82) is 0 Å². The molecule has 1 nitrogen and oxygen atoms in total. The van der Waals surface area contributed by atoms with Gasteiger partial charge < -0.3 is 0 Å². The molecule has 0 spiro atoms. The lowest BCUT2D eigenvalue weighted by atomic mass is 10.1. The fourth-order valence-electron chi connectivity index (χ4n) is 1.32. The van der Waals surface area contributed by atoms with Gasteiger partial charge in [0.25, 0.3) is 0 Å². The van der Waals surface area contributed by atoms with Crippen LogP contribution in [0.1, 0.15) is 20.8 Å². The third kappa shape index (κ3) is 1.01. The summed E-state index contributed by atoms with van der Waals surface area (Å²) in [7, 11) is 2.17. The molecule has 52 valence electrons. The molecule has 0 aliphatic carbocycles. The Morgan fingerprint density at radius 3 is 2.11 bits per heavy atom. The fraction of sp³-hybridized carbons (Fsp3) is 0.750. The van der Waals surface area contributed by atoms with Crippen LogP contribution < -0.4 is 0 Å². The molecular weight excluding hydrogens is 110 g/mol. The maximum Gasteiger partial charge on any atom is 0.0279 e. The van der Waals surface area contributed by atoms with E-state index in [0.29, 0.717) is 6.04 Å². The van der Waals surface area contributed by atoms with Crippen LogP contribution in [0.3, 0.4) is 0 Å². The standard InChI is InChI=1S/C8H15N/c1-6-5-9(4)8(3)7(6)2/h8H,5H2,1-4H3. The Labute approximate surface area is 57.4 Å². The monoisotopic (exact) mass is 125 g/mol. The van der Waals surface area contributed by atoms with Crippen molar-refractivity contribution in [3.63, 3.8) is 0 Å². The zero-order valence-electron chi connectivity index (χ0n) is 6.73. The first-order chi connectivity index (χ1) is 4.13. The van der Waals surface area contributed by atoms with Crippen LogP contribution in [0.4, 0.5) is 0 Å². The molecule has 1 aliphatic heterocycles. The van der Waals surface area contributed by atoms with Crippen LogP contribution >= 0.6 is 0 Å². The van der Waals surface area contributed by atoms with E-state index in [1.165, 1.54) is 0 Å². The molecule has 1 atom stereocenters. The molecule has 0 aromatic heterocycles. The van der Waals surface area contributed by atoms with Crippen LogP contribution in [0.2, 0.25) is 0 Å². The molecule has 0 bridgehead atoms. The topological polar surface area (TPSA) is 3.24 Å². The van der Waals surface area contributed by atoms with Crippen molar-refractivity contribution in [2.75, 3.05) is 13.6 Å². The van der Waals surface area contributed by atoms with Crippen molar-refractivity contribution in [2.24, 2.45) is 0 Å². The maximum absolute atomic E-state index is 2.37. The minimum absolute atomic E-state index is 0.671. The van der Waals surface area contributed by atoms with Gasteiger partial charge in [-0.3, -0.25) is 4.90 Å². The SMILES string of the molecule is CC1=C(C)C(C)N(C)C1. The Bertz CT molecular complexity index is 147. The highest BCUT2D eigenvalue weighted by molar-refractivity contribution is 5.22. The van der Waals surface area contributed by atoms with Crippen molar-refractivity contribution < 1.29 is 0 Å². The molecule has 0 aromatic carbocycles. The van der Waals surface area contributed by atoms with Gasteiger partial charge >= 0.3 is 0 Å². The largest absolute Gasteiger partial charge is 0.296 e. The first-order valence-electron chi connectivity index (χ1n) is 3.49. The van der Waals surface area contributed by atoms with E-state index in [1.54, 1.807) is 11.1 Å². The van der Waals surface area contributed by atoms with E-state index in [4.69, 9.17) is 0 Å². The highest BCUT2D eigenvalue weighted by Gasteiger charge is 2.19. The number of hydrogen-bond donors (Lipinski definition) is 0. The van der Waals surface area contributed by atoms with Crippen LogP contribution in [0.25, 0.3) is 0 Å². The van der Waals surface area contributed by atoms with Crippen molar-refractivity contribution in [1.82, 2.24) is 4.90 Å². The predicted molar refractivity (Wildman–Crippen MR) is 40.5 cm³/mol. The van der Waals surface area contributed by atoms with E-state index in [2.05, 4.69) is 32.7 Å². The zero-order valence-corrected chi connectivity index (χ0v) is 6.73. The highest BCUT2D eigenvalue weighted by Crippen LogP contribution is 2.20. The van der Waals surface area contributed by atoms with Crippen molar-refractivity contribution in [3.05, 3.63) is 11.1 Å². The lowest BCUT2D eigenvalue weighted by molar-refractivity contribution is 0.341. The summed E-state index contributed by atoms with van der Waals surface area (Å²) in [5.74, 6) is 0. The summed E-state index contributed by atoms with van der Waals surface area (Å²) in [6.45, 7) is 7.86. The lowest BCUT2D eigenvalue weighted by Gasteiger charge is -2.15. The van der Waals surface area contributed by atoms with Gasteiger partial charge in [-0.2, -0.15) is 0 Å². The van der Waals surface area contributed by atoms with Gasteiger partial charge in [0.2, 0.25) is 0 Å². The molecule has 0 saturated heterocycles. The number of hydrogen-bond acceptors (Lipinski definition) is 1. The molecule has 1 unspecified atom stereocenters. The molecule has 9 heavy (non-hydrogen) atoms. The van der Waals surface area contributed by atoms with Gasteiger partial charge in [-0.1, -0.05) is 11.1 Å². The van der Waals surface area contributed by atoms with Gasteiger partial charge in [-0.15, -0.1) is 0 Å². The van der Waals surface area contributed by atoms with Crippen LogP contribution in [-0.2, 0) is 0 Å². The molecule has 1 aliphatic rings. The lowest BCUT2D eigenvalue weighted by Crippen LogP contribution is -2.23. The van der Waals surface area contributed by atoms with Crippen LogP contribution in [0, 0.1) is 0 Å². The normalized spacial score (nSPS) is 30.0. The van der Waals surface area contributed by atoms with Crippen molar-refractivity contribution in [2.45, 2.75) is 26.8 Å². The van der Waals surface area contributed by atoms with E-state index in [0.717, 1.165) is 6.54 Å². The van der Waals surface area contributed by atoms with E-state index in [1.807, 2.05) is 0 Å². The van der Waals surface area contributed by atoms with E-state index < -0.39 is 0 Å². The molecule has 0 amide bonds. The van der Waals surface area contributed by atoms with Crippen molar-refractivity contribution in [3.8, 4) is 0 Å². The summed E-state index contributed by atoms with van der Waals surface area (Å²) in [5, 5.41) is 0. The summed E-state index contributed by atoms with van der Waals surface area (Å²) in [5.41, 5.74) is 3.10. The Kier molecular flexibility index (Phi) is 1.62. The van der Waals surface area contributed by atoms with Crippen molar-refractivity contribution >= 4 is 0 Å². The molecule has 1 heterocycles. The van der Waals surface area contributed by atoms with Gasteiger partial charge in [0, 0.05) is 12.6 Å². The number of nitrogens with zero attached hydrogens (tertiary/aromatic N) is 1. The first-order valence-corrected chi connectivity index (χ1v) is 3.49. The number of rotatable bonds is 0. The molecule has 0 saturated carbocycles. The minimum Gasteiger partial charge on any atom is -0.296 e. The summed E-state index contributed by atoms with van der Waals surface area (Å²) in [6.07, 6.45) is 0. The van der Waals surface area contributed by atoms with Gasteiger partial charge in [0.05, 0.1) is 0 Å². The Morgan fingerprint density at radius 1 is 1.44 bits per heavy atom. The fourth-order valence-corrected chi connectivity index (χ4v) is 1.32. The minimum atomic E-state index is 0.671. The van der Waals surface area contributed by atoms with Crippen LogP contribution in [0.5, 0.6) is 0 Å². The maximum atomic E-state index is 2.37. The van der Waals surface area contributed by atoms with E-state index in [-0.39, 0.29) is 0 Å². The Hall–Kier alpha value is -0.300. The quantitative estimate of drug-likeness (QED) is 0.445.